The van der Waals surface area contributed by atoms with Crippen molar-refractivity contribution in [1.29, 1.82) is 0 Å². The molecule has 3 amide bonds. The van der Waals surface area contributed by atoms with Crippen LogP contribution in [0, 0.1) is 5.92 Å². The number of hydrogen-bond donors (Lipinski definition) is 1. The molecule has 3 aromatic rings. The molecule has 0 aliphatic carbocycles. The number of esters is 1. The van der Waals surface area contributed by atoms with Crippen molar-refractivity contribution in [2.24, 2.45) is 5.92 Å². The highest BCUT2D eigenvalue weighted by Gasteiger charge is 2.38. The average molecular weight is 741 g/mol. The van der Waals surface area contributed by atoms with Crippen LogP contribution in [0.3, 0.4) is 0 Å². The highest BCUT2D eigenvalue weighted by molar-refractivity contribution is 7.80. The van der Waals surface area contributed by atoms with Crippen molar-refractivity contribution in [1.82, 2.24) is 20.1 Å². The molecule has 0 spiro atoms. The van der Waals surface area contributed by atoms with Crippen molar-refractivity contribution in [3.8, 4) is 23.0 Å². The SMILES string of the molecule is CC[C@@H](NC(=O)N1CC(=S)N(Cc2c(OC)cc(OC)cc2OC)C[C@@H](Cc2cc(Cl)ccc2OC)C1=O)c1ccc(C(=O)OC(C)(C)C)cn1. The number of benzene rings is 2. The van der Waals surface area contributed by atoms with Gasteiger partial charge in [-0.3, -0.25) is 14.7 Å². The Hall–Kier alpha value is -4.62. The fraction of sp³-hybridized carbons (Fsp3) is 0.432. The first kappa shape index (κ1) is 39.2. The molecule has 1 fully saturated rings. The molecule has 1 aliphatic heterocycles. The van der Waals surface area contributed by atoms with Crippen LogP contribution in [-0.4, -0.2) is 84.8 Å². The van der Waals surface area contributed by atoms with Crippen LogP contribution in [0.1, 0.15) is 67.3 Å². The maximum Gasteiger partial charge on any atom is 0.340 e. The molecule has 2 aromatic carbocycles. The Balaban J connectivity index is 1.66. The fourth-order valence-electron chi connectivity index (χ4n) is 5.73. The number of rotatable bonds is 12. The van der Waals surface area contributed by atoms with Gasteiger partial charge in [0.1, 0.15) is 28.6 Å². The van der Waals surface area contributed by atoms with Crippen molar-refractivity contribution in [3.05, 3.63) is 76.1 Å². The normalized spacial score (nSPS) is 15.5. The monoisotopic (exact) mass is 740 g/mol. The summed E-state index contributed by atoms with van der Waals surface area (Å²) in [6, 6.07) is 10.8. The third-order valence-electron chi connectivity index (χ3n) is 8.31. The van der Waals surface area contributed by atoms with Gasteiger partial charge in [0, 0.05) is 29.9 Å². The molecule has 1 aliphatic rings. The zero-order chi connectivity index (χ0) is 37.5. The number of hydrogen-bond acceptors (Lipinski definition) is 10. The number of methoxy groups -OCH3 is 4. The van der Waals surface area contributed by atoms with Crippen molar-refractivity contribution < 1.29 is 38.1 Å². The van der Waals surface area contributed by atoms with Gasteiger partial charge in [0.15, 0.2) is 0 Å². The first-order chi connectivity index (χ1) is 24.2. The summed E-state index contributed by atoms with van der Waals surface area (Å²) in [5.41, 5.74) is 1.54. The van der Waals surface area contributed by atoms with E-state index >= 15 is 0 Å². The van der Waals surface area contributed by atoms with E-state index in [9.17, 15) is 14.4 Å². The highest BCUT2D eigenvalue weighted by atomic mass is 35.5. The van der Waals surface area contributed by atoms with Crippen LogP contribution in [-0.2, 0) is 22.5 Å². The minimum Gasteiger partial charge on any atom is -0.496 e. The Bertz CT molecular complexity index is 1720. The summed E-state index contributed by atoms with van der Waals surface area (Å²) in [5, 5.41) is 3.44. The second kappa shape index (κ2) is 17.1. The Kier molecular flexibility index (Phi) is 13.1. The van der Waals surface area contributed by atoms with Gasteiger partial charge in [-0.25, -0.2) is 9.59 Å². The molecule has 274 valence electrons. The fourth-order valence-corrected chi connectivity index (χ4v) is 6.20. The number of aromatic nitrogens is 1. The largest absolute Gasteiger partial charge is 0.496 e. The van der Waals surface area contributed by atoms with Gasteiger partial charge >= 0.3 is 12.0 Å². The first-order valence-corrected chi connectivity index (χ1v) is 17.2. The van der Waals surface area contributed by atoms with Crippen molar-refractivity contribution in [3.63, 3.8) is 0 Å². The summed E-state index contributed by atoms with van der Waals surface area (Å²) in [4.78, 5) is 48.7. The van der Waals surface area contributed by atoms with Crippen LogP contribution in [0.2, 0.25) is 5.02 Å². The molecule has 0 unspecified atom stereocenters. The number of urea groups is 1. The molecule has 4 rings (SSSR count). The van der Waals surface area contributed by atoms with Gasteiger partial charge in [0.2, 0.25) is 5.91 Å². The molecule has 2 atom stereocenters. The lowest BCUT2D eigenvalue weighted by atomic mass is 9.96. The van der Waals surface area contributed by atoms with E-state index in [1.165, 1.54) is 6.20 Å². The lowest BCUT2D eigenvalue weighted by Crippen LogP contribution is -2.48. The van der Waals surface area contributed by atoms with Gasteiger partial charge in [-0.2, -0.15) is 0 Å². The maximum atomic E-state index is 14.4. The minimum atomic E-state index is -0.731. The summed E-state index contributed by atoms with van der Waals surface area (Å²) in [6.45, 7) is 7.50. The number of carbonyl (C=O) groups is 3. The number of nitrogens with one attached hydrogen (secondary N) is 1. The summed E-state index contributed by atoms with van der Waals surface area (Å²) in [5.74, 6) is 0.494. The molecule has 14 heteroatoms. The van der Waals surface area contributed by atoms with E-state index in [-0.39, 0.29) is 31.6 Å². The van der Waals surface area contributed by atoms with E-state index < -0.39 is 35.5 Å². The maximum absolute atomic E-state index is 14.4. The average Bonchev–Trinajstić information content (AvgIpc) is 3.21. The molecule has 0 bridgehead atoms. The minimum absolute atomic E-state index is 0.147. The lowest BCUT2D eigenvalue weighted by molar-refractivity contribution is -0.131. The molecule has 12 nitrogen and oxygen atoms in total. The Morgan fingerprint density at radius 3 is 2.22 bits per heavy atom. The standard InChI is InChI=1S/C37H45ClN4O8S/c1-9-28(29-12-10-22(18-39-29)35(44)50-37(2,3)4)40-36(45)42-21-33(51)41(20-27-31(48-7)16-26(46-5)17-32(27)49-8)19-24(34(42)43)14-23-15-25(38)11-13-30(23)47-6/h10-13,15-18,24,28H,9,14,19-21H2,1-8H3,(H,40,45)/t24-,28-/m1/s1. The van der Waals surface area contributed by atoms with E-state index in [0.29, 0.717) is 56.3 Å². The number of halogens is 1. The quantitative estimate of drug-likeness (QED) is 0.163. The molecule has 0 radical (unpaired) electrons. The van der Waals surface area contributed by atoms with E-state index in [0.717, 1.165) is 4.90 Å². The van der Waals surface area contributed by atoms with Crippen molar-refractivity contribution in [2.45, 2.75) is 58.7 Å². The highest BCUT2D eigenvalue weighted by Crippen LogP contribution is 2.36. The number of ether oxygens (including phenoxy) is 5. The number of imide groups is 1. The second-order valence-electron chi connectivity index (χ2n) is 13.0. The van der Waals surface area contributed by atoms with Crippen molar-refractivity contribution >= 4 is 46.7 Å². The van der Waals surface area contributed by atoms with E-state index in [1.54, 1.807) is 91.7 Å². The van der Waals surface area contributed by atoms with Crippen LogP contribution in [0.5, 0.6) is 23.0 Å². The van der Waals surface area contributed by atoms with Gasteiger partial charge in [-0.1, -0.05) is 30.7 Å². The van der Waals surface area contributed by atoms with E-state index in [1.807, 2.05) is 11.8 Å². The molecule has 1 N–H and O–H groups in total. The van der Waals surface area contributed by atoms with Crippen LogP contribution < -0.4 is 24.3 Å². The summed E-state index contributed by atoms with van der Waals surface area (Å²) in [6.07, 6.45) is 2.09. The van der Waals surface area contributed by atoms with Crippen LogP contribution in [0.15, 0.2) is 48.7 Å². The van der Waals surface area contributed by atoms with Gasteiger partial charge in [0.25, 0.3) is 0 Å². The predicted molar refractivity (Wildman–Crippen MR) is 197 cm³/mol. The molecular formula is C37H45ClN4O8S. The summed E-state index contributed by atoms with van der Waals surface area (Å²) >= 11 is 12.3. The molecule has 0 saturated carbocycles. The summed E-state index contributed by atoms with van der Waals surface area (Å²) in [7, 11) is 6.19. The third-order valence-corrected chi connectivity index (χ3v) is 8.93. The zero-order valence-electron chi connectivity index (χ0n) is 30.2. The van der Waals surface area contributed by atoms with E-state index in [2.05, 4.69) is 10.3 Å². The number of thiocarbonyl (C=S) groups is 1. The second-order valence-corrected chi connectivity index (χ2v) is 13.9. The molecule has 1 aromatic heterocycles. The number of amides is 3. The molecule has 1 saturated heterocycles. The van der Waals surface area contributed by atoms with Gasteiger partial charge in [-0.15, -0.1) is 0 Å². The van der Waals surface area contributed by atoms with Crippen LogP contribution in [0.4, 0.5) is 4.79 Å². The van der Waals surface area contributed by atoms with Crippen molar-refractivity contribution in [2.75, 3.05) is 41.5 Å². The molecule has 51 heavy (non-hydrogen) atoms. The zero-order valence-corrected chi connectivity index (χ0v) is 31.8. The van der Waals surface area contributed by atoms with E-state index in [4.69, 9.17) is 47.5 Å². The predicted octanol–water partition coefficient (Wildman–Crippen LogP) is 6.42. The number of pyridine rings is 1. The van der Waals surface area contributed by atoms with Gasteiger partial charge in [0.05, 0.1) is 75.3 Å². The number of carbonyl (C=O) groups excluding carboxylic acids is 3. The Morgan fingerprint density at radius 1 is 1.00 bits per heavy atom. The molecular weight excluding hydrogens is 696 g/mol. The Morgan fingerprint density at radius 2 is 1.67 bits per heavy atom. The van der Waals surface area contributed by atoms with Crippen LogP contribution in [0.25, 0.3) is 0 Å². The molecule has 2 heterocycles. The third kappa shape index (κ3) is 9.79. The summed E-state index contributed by atoms with van der Waals surface area (Å²) < 4.78 is 27.8. The van der Waals surface area contributed by atoms with Gasteiger partial charge < -0.3 is 33.9 Å². The topological polar surface area (TPSA) is 129 Å². The smallest absolute Gasteiger partial charge is 0.340 e. The van der Waals surface area contributed by atoms with Crippen LogP contribution >= 0.6 is 23.8 Å². The Labute approximate surface area is 309 Å². The first-order valence-electron chi connectivity index (χ1n) is 16.4. The lowest BCUT2D eigenvalue weighted by Gasteiger charge is -2.27. The van der Waals surface area contributed by atoms with Gasteiger partial charge in [-0.05, 0) is 69.5 Å². The number of nitrogens with zero attached hydrogens (tertiary/aromatic N) is 3.